The molecule has 0 aliphatic rings. The van der Waals surface area contributed by atoms with Crippen molar-refractivity contribution in [1.82, 2.24) is 0 Å². The van der Waals surface area contributed by atoms with Gasteiger partial charge in [0, 0.05) is 19.8 Å². The Hall–Kier alpha value is 0.566. The molecule has 0 heterocycles. The Kier molecular flexibility index (Phi) is 5.98. The van der Waals surface area contributed by atoms with E-state index in [1.54, 1.807) is 38.1 Å². The van der Waals surface area contributed by atoms with E-state index in [-0.39, 0.29) is 56.3 Å². The normalized spacial score (nSPS) is 10.7. The molecule has 0 unspecified atom stereocenters. The predicted molar refractivity (Wildman–Crippen MR) is 53.5 cm³/mol. The summed E-state index contributed by atoms with van der Waals surface area (Å²) in [7, 11) is -0.799. The van der Waals surface area contributed by atoms with Crippen molar-refractivity contribution in [3.05, 3.63) is 23.8 Å². The monoisotopic (exact) mass is 253 g/mol. The fourth-order valence-electron chi connectivity index (χ4n) is 1.14. The Morgan fingerprint density at radius 3 is 2.20 bits per heavy atom. The Balaban J connectivity index is 0.00000196. The smallest absolute Gasteiger partial charge is 0.744 e. The van der Waals surface area contributed by atoms with E-state index in [0.29, 0.717) is 11.3 Å². The SMILES string of the molecule is Cc1ccc(N(C)C)cc1S(=O)(=O)[O-].[K+]. The van der Waals surface area contributed by atoms with Crippen LogP contribution in [0, 0.1) is 6.92 Å². The molecule has 0 atom stereocenters. The number of nitrogens with zero attached hydrogens (tertiary/aromatic N) is 1. The van der Waals surface area contributed by atoms with E-state index in [0.717, 1.165) is 0 Å². The third kappa shape index (κ3) is 4.14. The van der Waals surface area contributed by atoms with Gasteiger partial charge >= 0.3 is 51.4 Å². The van der Waals surface area contributed by atoms with Crippen molar-refractivity contribution in [2.24, 2.45) is 0 Å². The average molecular weight is 253 g/mol. The van der Waals surface area contributed by atoms with Gasteiger partial charge in [0.15, 0.2) is 0 Å². The summed E-state index contributed by atoms with van der Waals surface area (Å²) in [6.45, 7) is 1.60. The molecular formula is C9H12KNO3S. The van der Waals surface area contributed by atoms with Crippen LogP contribution in [-0.4, -0.2) is 27.1 Å². The molecular weight excluding hydrogens is 241 g/mol. The third-order valence-corrected chi connectivity index (χ3v) is 2.94. The molecule has 0 aromatic heterocycles. The van der Waals surface area contributed by atoms with Crippen LogP contribution in [0.3, 0.4) is 0 Å². The number of benzene rings is 1. The summed E-state index contributed by atoms with van der Waals surface area (Å²) in [5, 5.41) is 0. The summed E-state index contributed by atoms with van der Waals surface area (Å²) in [5.74, 6) is 0. The van der Waals surface area contributed by atoms with Crippen molar-refractivity contribution >= 4 is 15.8 Å². The maximum Gasteiger partial charge on any atom is 1.00 e. The molecule has 1 aromatic carbocycles. The molecule has 15 heavy (non-hydrogen) atoms. The first kappa shape index (κ1) is 15.6. The molecule has 0 radical (unpaired) electrons. The Morgan fingerprint density at radius 2 is 1.80 bits per heavy atom. The average Bonchev–Trinajstić information content (AvgIpc) is 2.02. The molecule has 0 aliphatic carbocycles. The van der Waals surface area contributed by atoms with Crippen molar-refractivity contribution in [3.8, 4) is 0 Å². The zero-order valence-corrected chi connectivity index (χ0v) is 13.3. The van der Waals surface area contributed by atoms with Crippen molar-refractivity contribution in [1.29, 1.82) is 0 Å². The van der Waals surface area contributed by atoms with E-state index in [9.17, 15) is 13.0 Å². The fourth-order valence-corrected chi connectivity index (χ4v) is 1.86. The number of hydrogen-bond donors (Lipinski definition) is 0. The molecule has 78 valence electrons. The molecule has 1 aromatic rings. The van der Waals surface area contributed by atoms with E-state index in [1.807, 2.05) is 0 Å². The summed E-state index contributed by atoms with van der Waals surface area (Å²) in [6, 6.07) is 4.78. The van der Waals surface area contributed by atoms with Gasteiger partial charge in [-0.15, -0.1) is 0 Å². The summed E-state index contributed by atoms with van der Waals surface area (Å²) in [6.07, 6.45) is 0. The molecule has 0 spiro atoms. The van der Waals surface area contributed by atoms with Crippen molar-refractivity contribution in [2.45, 2.75) is 11.8 Å². The van der Waals surface area contributed by atoms with Gasteiger partial charge in [0.25, 0.3) is 0 Å². The molecule has 0 saturated heterocycles. The zero-order chi connectivity index (χ0) is 10.9. The van der Waals surface area contributed by atoms with Gasteiger partial charge in [0.1, 0.15) is 10.1 Å². The molecule has 0 saturated carbocycles. The van der Waals surface area contributed by atoms with E-state index in [4.69, 9.17) is 0 Å². The van der Waals surface area contributed by atoms with E-state index >= 15 is 0 Å². The van der Waals surface area contributed by atoms with Crippen LogP contribution in [0.1, 0.15) is 5.56 Å². The van der Waals surface area contributed by atoms with Crippen LogP contribution in [0.25, 0.3) is 0 Å². The number of rotatable bonds is 2. The minimum Gasteiger partial charge on any atom is -0.744 e. The molecule has 0 aliphatic heterocycles. The molecule has 0 fully saturated rings. The van der Waals surface area contributed by atoms with Crippen molar-refractivity contribution in [3.63, 3.8) is 0 Å². The summed E-state index contributed by atoms with van der Waals surface area (Å²) in [5.41, 5.74) is 1.18. The van der Waals surface area contributed by atoms with Crippen LogP contribution in [0.5, 0.6) is 0 Å². The van der Waals surface area contributed by atoms with Crippen molar-refractivity contribution < 1.29 is 64.4 Å². The first-order valence-corrected chi connectivity index (χ1v) is 5.47. The van der Waals surface area contributed by atoms with Gasteiger partial charge in [-0.05, 0) is 24.6 Å². The minimum atomic E-state index is -4.37. The zero-order valence-electron chi connectivity index (χ0n) is 9.31. The standard InChI is InChI=1S/C9H13NO3S.K/c1-7-4-5-8(10(2)3)6-9(7)14(11,12)13;/h4-6H,1-3H3,(H,11,12,13);/q;+1/p-1. The summed E-state index contributed by atoms with van der Waals surface area (Å²) >= 11 is 0. The quantitative estimate of drug-likeness (QED) is 0.450. The maximum absolute atomic E-state index is 10.9. The first-order chi connectivity index (χ1) is 6.32. The van der Waals surface area contributed by atoms with Gasteiger partial charge in [-0.3, -0.25) is 0 Å². The molecule has 0 amide bonds. The van der Waals surface area contributed by atoms with E-state index in [1.165, 1.54) is 6.07 Å². The molecule has 6 heteroatoms. The van der Waals surface area contributed by atoms with Gasteiger partial charge in [0.2, 0.25) is 0 Å². The van der Waals surface area contributed by atoms with Gasteiger partial charge in [-0.25, -0.2) is 8.42 Å². The van der Waals surface area contributed by atoms with Crippen molar-refractivity contribution in [2.75, 3.05) is 19.0 Å². The largest absolute Gasteiger partial charge is 1.00 e. The molecule has 4 nitrogen and oxygen atoms in total. The summed E-state index contributed by atoms with van der Waals surface area (Å²) < 4.78 is 32.6. The topological polar surface area (TPSA) is 60.4 Å². The third-order valence-electron chi connectivity index (χ3n) is 1.96. The second-order valence-corrected chi connectivity index (χ2v) is 4.65. The van der Waals surface area contributed by atoms with Gasteiger partial charge < -0.3 is 9.45 Å². The Morgan fingerprint density at radius 1 is 1.27 bits per heavy atom. The fraction of sp³-hybridized carbons (Fsp3) is 0.333. The van der Waals surface area contributed by atoms with Crippen LogP contribution < -0.4 is 56.3 Å². The Bertz CT molecular complexity index is 443. The van der Waals surface area contributed by atoms with E-state index < -0.39 is 10.1 Å². The molecule has 0 bridgehead atoms. The van der Waals surface area contributed by atoms with Crippen LogP contribution in [0.2, 0.25) is 0 Å². The molecule has 1 rings (SSSR count). The predicted octanol–water partition coefficient (Wildman–Crippen LogP) is -2.03. The number of anilines is 1. The van der Waals surface area contributed by atoms with Crippen LogP contribution in [-0.2, 0) is 10.1 Å². The minimum absolute atomic E-state index is 0. The summed E-state index contributed by atoms with van der Waals surface area (Å²) in [4.78, 5) is 1.59. The van der Waals surface area contributed by atoms with Crippen LogP contribution in [0.4, 0.5) is 5.69 Å². The first-order valence-electron chi connectivity index (χ1n) is 4.06. The van der Waals surface area contributed by atoms with Crippen LogP contribution in [0.15, 0.2) is 23.1 Å². The second kappa shape index (κ2) is 5.76. The van der Waals surface area contributed by atoms with Gasteiger partial charge in [-0.2, -0.15) is 0 Å². The van der Waals surface area contributed by atoms with E-state index in [2.05, 4.69) is 0 Å². The van der Waals surface area contributed by atoms with Gasteiger partial charge in [0.05, 0.1) is 4.90 Å². The number of hydrogen-bond acceptors (Lipinski definition) is 4. The second-order valence-electron chi connectivity index (χ2n) is 3.30. The maximum atomic E-state index is 10.9. The Labute approximate surface area is 133 Å². The van der Waals surface area contributed by atoms with Gasteiger partial charge in [-0.1, -0.05) is 6.07 Å². The number of aryl methyl sites for hydroxylation is 1. The molecule has 0 N–H and O–H groups in total. The van der Waals surface area contributed by atoms with Crippen LogP contribution >= 0.6 is 0 Å².